The van der Waals surface area contributed by atoms with E-state index in [1.807, 2.05) is 43.3 Å². The molecule has 0 aliphatic carbocycles. The Kier molecular flexibility index (Phi) is 5.54. The monoisotopic (exact) mass is 371 g/mol. The Morgan fingerprint density at radius 3 is 1.96 bits per heavy atom. The molecule has 0 spiro atoms. The number of fused-ring (bicyclic) bond motifs is 1. The summed E-state index contributed by atoms with van der Waals surface area (Å²) in [4.78, 5) is 14.5. The summed E-state index contributed by atoms with van der Waals surface area (Å²) >= 11 is 0. The maximum Gasteiger partial charge on any atom is 0.278 e. The second-order valence-electron chi connectivity index (χ2n) is 7.59. The molecule has 3 nitrogen and oxygen atoms in total. The van der Waals surface area contributed by atoms with Crippen LogP contribution >= 0.6 is 0 Å². The fourth-order valence-corrected chi connectivity index (χ4v) is 4.07. The molecule has 0 saturated carbocycles. The van der Waals surface area contributed by atoms with Gasteiger partial charge in [0.2, 0.25) is 0 Å². The fraction of sp³-hybridized carbons (Fsp3) is 0.240. The van der Waals surface area contributed by atoms with E-state index in [0.29, 0.717) is 0 Å². The second kappa shape index (κ2) is 8.41. The molecule has 1 amide bonds. The van der Waals surface area contributed by atoms with Crippen molar-refractivity contribution < 1.29 is 9.69 Å². The lowest BCUT2D eigenvalue weighted by molar-refractivity contribution is -0.929. The van der Waals surface area contributed by atoms with Crippen molar-refractivity contribution in [2.24, 2.45) is 0 Å². The van der Waals surface area contributed by atoms with E-state index in [-0.39, 0.29) is 18.0 Å². The summed E-state index contributed by atoms with van der Waals surface area (Å²) in [6.45, 7) is 3.95. The molecule has 3 aromatic rings. The van der Waals surface area contributed by atoms with Crippen LogP contribution in [-0.4, -0.2) is 18.5 Å². The normalized spacial score (nSPS) is 17.0. The van der Waals surface area contributed by atoms with Gasteiger partial charge in [-0.05, 0) is 23.6 Å². The van der Waals surface area contributed by atoms with Crippen LogP contribution in [0.25, 0.3) is 0 Å². The van der Waals surface area contributed by atoms with E-state index in [9.17, 15) is 4.79 Å². The van der Waals surface area contributed by atoms with Gasteiger partial charge < -0.3 is 10.2 Å². The van der Waals surface area contributed by atoms with Crippen LogP contribution in [-0.2, 0) is 17.8 Å². The van der Waals surface area contributed by atoms with Crippen molar-refractivity contribution in [3.63, 3.8) is 0 Å². The Morgan fingerprint density at radius 1 is 0.821 bits per heavy atom. The summed E-state index contributed by atoms with van der Waals surface area (Å²) < 4.78 is 0. The Balaban J connectivity index is 1.52. The summed E-state index contributed by atoms with van der Waals surface area (Å²) in [6, 6.07) is 28.8. The van der Waals surface area contributed by atoms with E-state index in [1.165, 1.54) is 16.0 Å². The van der Waals surface area contributed by atoms with Crippen molar-refractivity contribution in [3.8, 4) is 0 Å². The molecular formula is C25H27N2O+. The van der Waals surface area contributed by atoms with Crippen LogP contribution in [0, 0.1) is 0 Å². The van der Waals surface area contributed by atoms with Crippen molar-refractivity contribution >= 4 is 5.91 Å². The lowest BCUT2D eigenvalue weighted by atomic mass is 9.97. The van der Waals surface area contributed by atoms with Gasteiger partial charge >= 0.3 is 0 Å². The first-order valence-electron chi connectivity index (χ1n) is 10.0. The molecule has 3 heteroatoms. The number of nitrogens with one attached hydrogen (secondary N) is 2. The smallest absolute Gasteiger partial charge is 0.278 e. The first-order valence-corrected chi connectivity index (χ1v) is 10.0. The molecule has 2 atom stereocenters. The van der Waals surface area contributed by atoms with Crippen molar-refractivity contribution in [1.29, 1.82) is 0 Å². The molecule has 1 unspecified atom stereocenters. The zero-order valence-electron chi connectivity index (χ0n) is 16.3. The maximum absolute atomic E-state index is 13.2. The lowest BCUT2D eigenvalue weighted by Gasteiger charge is -2.31. The Labute approximate surface area is 167 Å². The van der Waals surface area contributed by atoms with E-state index in [1.54, 1.807) is 0 Å². The van der Waals surface area contributed by atoms with Gasteiger partial charge in [0.15, 0.2) is 6.04 Å². The minimum atomic E-state index is -0.131. The van der Waals surface area contributed by atoms with Crippen molar-refractivity contribution in [3.05, 3.63) is 107 Å². The third-order valence-electron chi connectivity index (χ3n) is 5.81. The third kappa shape index (κ3) is 4.00. The van der Waals surface area contributed by atoms with Gasteiger partial charge in [-0.15, -0.1) is 0 Å². The van der Waals surface area contributed by atoms with Crippen molar-refractivity contribution in [2.75, 3.05) is 6.54 Å². The third-order valence-corrected chi connectivity index (χ3v) is 5.81. The molecule has 1 aliphatic heterocycles. The van der Waals surface area contributed by atoms with Crippen LogP contribution in [0.5, 0.6) is 0 Å². The molecule has 3 aromatic carbocycles. The van der Waals surface area contributed by atoms with Crippen LogP contribution in [0.3, 0.4) is 0 Å². The number of hydrogen-bond acceptors (Lipinski definition) is 1. The van der Waals surface area contributed by atoms with Gasteiger partial charge in [0.25, 0.3) is 5.91 Å². The molecular weight excluding hydrogens is 344 g/mol. The van der Waals surface area contributed by atoms with Crippen LogP contribution in [0.4, 0.5) is 0 Å². The molecule has 142 valence electrons. The topological polar surface area (TPSA) is 33.5 Å². The zero-order valence-corrected chi connectivity index (χ0v) is 16.3. The number of hydrogen-bond donors (Lipinski definition) is 2. The van der Waals surface area contributed by atoms with Crippen LogP contribution < -0.4 is 10.2 Å². The molecule has 0 aromatic heterocycles. The molecule has 0 fully saturated rings. The molecule has 1 heterocycles. The van der Waals surface area contributed by atoms with Gasteiger partial charge in [-0.25, -0.2) is 0 Å². The Morgan fingerprint density at radius 2 is 1.36 bits per heavy atom. The average molecular weight is 372 g/mol. The highest BCUT2D eigenvalue weighted by Gasteiger charge is 2.30. The van der Waals surface area contributed by atoms with E-state index in [4.69, 9.17) is 0 Å². The standard InChI is InChI=1S/C25H26N2O/c1-19(27-17-16-20-10-8-9-15-23(20)18-27)25(28)26-24(21-11-4-2-5-12-21)22-13-6-3-7-14-22/h2-15,19,24H,16-18H2,1H3,(H,26,28)/p+1/t19-/m1/s1. The average Bonchev–Trinajstić information content (AvgIpc) is 2.77. The second-order valence-corrected chi connectivity index (χ2v) is 7.59. The molecule has 4 rings (SSSR count). The highest BCUT2D eigenvalue weighted by atomic mass is 16.2. The van der Waals surface area contributed by atoms with Crippen LogP contribution in [0.2, 0.25) is 0 Å². The molecule has 2 N–H and O–H groups in total. The largest absolute Gasteiger partial charge is 0.340 e. The molecule has 0 bridgehead atoms. The van der Waals surface area contributed by atoms with Gasteiger partial charge in [-0.1, -0.05) is 84.9 Å². The fourth-order valence-electron chi connectivity index (χ4n) is 4.07. The zero-order chi connectivity index (χ0) is 19.3. The number of benzene rings is 3. The first kappa shape index (κ1) is 18.5. The number of rotatable bonds is 5. The predicted octanol–water partition coefficient (Wildman–Crippen LogP) is 2.92. The SMILES string of the molecule is C[C@H](C(=O)NC(c1ccccc1)c1ccccc1)[NH+]1CCc2ccccc2C1. The van der Waals surface area contributed by atoms with E-state index in [0.717, 1.165) is 30.6 Å². The van der Waals surface area contributed by atoms with Crippen LogP contribution in [0.1, 0.15) is 35.2 Å². The quantitative estimate of drug-likeness (QED) is 0.710. The van der Waals surface area contributed by atoms with Gasteiger partial charge in [0.1, 0.15) is 6.54 Å². The van der Waals surface area contributed by atoms with Gasteiger partial charge in [0, 0.05) is 12.0 Å². The van der Waals surface area contributed by atoms with Gasteiger partial charge in [-0.3, -0.25) is 4.79 Å². The summed E-state index contributed by atoms with van der Waals surface area (Å²) in [5.41, 5.74) is 5.00. The first-order chi connectivity index (χ1) is 13.7. The van der Waals surface area contributed by atoms with Crippen molar-refractivity contribution in [1.82, 2.24) is 5.32 Å². The Hall–Kier alpha value is -2.91. The Bertz CT molecular complexity index is 884. The number of amides is 1. The number of quaternary nitrogens is 1. The number of carbonyl (C=O) groups is 1. The highest BCUT2D eigenvalue weighted by molar-refractivity contribution is 5.81. The summed E-state index contributed by atoms with van der Waals surface area (Å²) in [6.07, 6.45) is 1.03. The van der Waals surface area contributed by atoms with E-state index >= 15 is 0 Å². The summed E-state index contributed by atoms with van der Waals surface area (Å²) in [5, 5.41) is 3.31. The molecule has 0 radical (unpaired) electrons. The van der Waals surface area contributed by atoms with Gasteiger partial charge in [-0.2, -0.15) is 0 Å². The number of carbonyl (C=O) groups excluding carboxylic acids is 1. The van der Waals surface area contributed by atoms with Crippen LogP contribution in [0.15, 0.2) is 84.9 Å². The summed E-state index contributed by atoms with van der Waals surface area (Å²) in [7, 11) is 0. The molecule has 0 saturated heterocycles. The van der Waals surface area contributed by atoms with Crippen molar-refractivity contribution in [2.45, 2.75) is 32.0 Å². The van der Waals surface area contributed by atoms with E-state index in [2.05, 4.69) is 53.8 Å². The van der Waals surface area contributed by atoms with E-state index < -0.39 is 0 Å². The maximum atomic E-state index is 13.2. The molecule has 28 heavy (non-hydrogen) atoms. The van der Waals surface area contributed by atoms with Gasteiger partial charge in [0.05, 0.1) is 12.6 Å². The lowest BCUT2D eigenvalue weighted by Crippen LogP contribution is -3.16. The predicted molar refractivity (Wildman–Crippen MR) is 112 cm³/mol. The minimum Gasteiger partial charge on any atom is -0.340 e. The summed E-state index contributed by atoms with van der Waals surface area (Å²) in [5.74, 6) is 0.104. The minimum absolute atomic E-state index is 0.0942. The highest BCUT2D eigenvalue weighted by Crippen LogP contribution is 2.21. The molecule has 1 aliphatic rings.